The molecule has 0 bridgehead atoms. The van der Waals surface area contributed by atoms with Crippen molar-refractivity contribution in [1.82, 2.24) is 4.98 Å². The highest BCUT2D eigenvalue weighted by molar-refractivity contribution is 5.60. The largest absolute Gasteiger partial charge is 0.396 e. The minimum Gasteiger partial charge on any atom is -0.396 e. The van der Waals surface area contributed by atoms with Crippen LogP contribution in [0, 0.1) is 5.92 Å². The number of aromatic nitrogens is 1. The standard InChI is InChI=1S/C11H19N3O/c1-2-9(5-7-15)8-14-10-4-3-6-13-11(10)12/h3-4,6,9,14-15H,2,5,7-8H2,1H3,(H2,12,13). The summed E-state index contributed by atoms with van der Waals surface area (Å²) in [5, 5.41) is 12.1. The molecule has 1 atom stereocenters. The third-order valence-electron chi connectivity index (χ3n) is 2.53. The fraction of sp³-hybridized carbons (Fsp3) is 0.545. The Hall–Kier alpha value is -1.29. The number of nitrogens with two attached hydrogens (primary N) is 1. The molecule has 1 rings (SSSR count). The van der Waals surface area contributed by atoms with Crippen molar-refractivity contribution in [2.24, 2.45) is 5.92 Å². The molecule has 4 nitrogen and oxygen atoms in total. The van der Waals surface area contributed by atoms with Gasteiger partial charge in [-0.1, -0.05) is 13.3 Å². The van der Waals surface area contributed by atoms with Crippen LogP contribution in [0.25, 0.3) is 0 Å². The minimum atomic E-state index is 0.239. The Morgan fingerprint density at radius 2 is 2.40 bits per heavy atom. The fourth-order valence-corrected chi connectivity index (χ4v) is 1.45. The van der Waals surface area contributed by atoms with Gasteiger partial charge in [0.25, 0.3) is 0 Å². The zero-order valence-corrected chi connectivity index (χ0v) is 9.11. The molecule has 0 saturated carbocycles. The van der Waals surface area contributed by atoms with Gasteiger partial charge in [-0.05, 0) is 24.5 Å². The number of nitrogens with zero attached hydrogens (tertiary/aromatic N) is 1. The number of pyridine rings is 1. The first-order chi connectivity index (χ1) is 7.27. The van der Waals surface area contributed by atoms with Gasteiger partial charge in [0.1, 0.15) is 5.82 Å². The molecule has 0 spiro atoms. The van der Waals surface area contributed by atoms with Crippen LogP contribution in [-0.4, -0.2) is 23.2 Å². The number of aliphatic hydroxyl groups excluding tert-OH is 1. The quantitative estimate of drug-likeness (QED) is 0.663. The van der Waals surface area contributed by atoms with Crippen LogP contribution in [-0.2, 0) is 0 Å². The van der Waals surface area contributed by atoms with E-state index in [4.69, 9.17) is 10.8 Å². The van der Waals surface area contributed by atoms with E-state index in [9.17, 15) is 0 Å². The van der Waals surface area contributed by atoms with E-state index >= 15 is 0 Å². The van der Waals surface area contributed by atoms with Crippen molar-refractivity contribution in [2.75, 3.05) is 24.2 Å². The second kappa shape index (κ2) is 6.24. The predicted octanol–water partition coefficient (Wildman–Crippen LogP) is 1.48. The molecule has 1 heterocycles. The van der Waals surface area contributed by atoms with Crippen molar-refractivity contribution < 1.29 is 5.11 Å². The molecule has 15 heavy (non-hydrogen) atoms. The average molecular weight is 209 g/mol. The zero-order valence-electron chi connectivity index (χ0n) is 9.11. The molecule has 0 fully saturated rings. The Morgan fingerprint density at radius 1 is 1.60 bits per heavy atom. The molecule has 1 aromatic heterocycles. The first-order valence-electron chi connectivity index (χ1n) is 5.33. The topological polar surface area (TPSA) is 71.2 Å². The van der Waals surface area contributed by atoms with E-state index in [-0.39, 0.29) is 6.61 Å². The van der Waals surface area contributed by atoms with E-state index in [1.165, 1.54) is 0 Å². The number of hydrogen-bond acceptors (Lipinski definition) is 4. The third kappa shape index (κ3) is 3.75. The predicted molar refractivity (Wildman–Crippen MR) is 62.6 cm³/mol. The zero-order chi connectivity index (χ0) is 11.1. The lowest BCUT2D eigenvalue weighted by atomic mass is 10.0. The Bertz CT molecular complexity index is 291. The summed E-state index contributed by atoms with van der Waals surface area (Å²) in [6.07, 6.45) is 3.54. The van der Waals surface area contributed by atoms with Gasteiger partial charge in [0.15, 0.2) is 0 Å². The van der Waals surface area contributed by atoms with Gasteiger partial charge in [-0.25, -0.2) is 4.98 Å². The molecule has 84 valence electrons. The molecule has 1 aromatic rings. The highest BCUT2D eigenvalue weighted by Crippen LogP contribution is 2.15. The van der Waals surface area contributed by atoms with Crippen LogP contribution in [0.1, 0.15) is 19.8 Å². The van der Waals surface area contributed by atoms with Gasteiger partial charge < -0.3 is 16.2 Å². The van der Waals surface area contributed by atoms with E-state index in [0.717, 1.165) is 25.1 Å². The van der Waals surface area contributed by atoms with Crippen LogP contribution >= 0.6 is 0 Å². The summed E-state index contributed by atoms with van der Waals surface area (Å²) in [6, 6.07) is 3.76. The van der Waals surface area contributed by atoms with E-state index in [0.29, 0.717) is 11.7 Å². The molecule has 0 aliphatic carbocycles. The molecular weight excluding hydrogens is 190 g/mol. The smallest absolute Gasteiger partial charge is 0.146 e. The molecule has 0 saturated heterocycles. The van der Waals surface area contributed by atoms with Gasteiger partial charge in [0.2, 0.25) is 0 Å². The van der Waals surface area contributed by atoms with Crippen molar-refractivity contribution in [2.45, 2.75) is 19.8 Å². The number of nitrogens with one attached hydrogen (secondary N) is 1. The first kappa shape index (κ1) is 11.8. The Labute approximate surface area is 90.5 Å². The molecule has 0 aromatic carbocycles. The molecule has 0 aliphatic heterocycles. The van der Waals surface area contributed by atoms with Gasteiger partial charge in [-0.15, -0.1) is 0 Å². The number of nitrogen functional groups attached to an aromatic ring is 1. The Balaban J connectivity index is 2.45. The van der Waals surface area contributed by atoms with Crippen molar-refractivity contribution in [3.8, 4) is 0 Å². The lowest BCUT2D eigenvalue weighted by Gasteiger charge is -2.15. The molecule has 4 N–H and O–H groups in total. The molecular formula is C11H19N3O. The van der Waals surface area contributed by atoms with Crippen LogP contribution in [0.3, 0.4) is 0 Å². The Morgan fingerprint density at radius 3 is 3.00 bits per heavy atom. The summed E-state index contributed by atoms with van der Waals surface area (Å²) in [4.78, 5) is 3.99. The summed E-state index contributed by atoms with van der Waals surface area (Å²) < 4.78 is 0. The highest BCUT2D eigenvalue weighted by atomic mass is 16.3. The van der Waals surface area contributed by atoms with Crippen molar-refractivity contribution in [3.63, 3.8) is 0 Å². The van der Waals surface area contributed by atoms with Crippen molar-refractivity contribution in [3.05, 3.63) is 18.3 Å². The van der Waals surface area contributed by atoms with E-state index in [2.05, 4.69) is 17.2 Å². The highest BCUT2D eigenvalue weighted by Gasteiger charge is 2.06. The van der Waals surface area contributed by atoms with E-state index in [1.807, 2.05) is 12.1 Å². The lowest BCUT2D eigenvalue weighted by Crippen LogP contribution is -2.15. The maximum absolute atomic E-state index is 8.85. The van der Waals surface area contributed by atoms with Crippen molar-refractivity contribution >= 4 is 11.5 Å². The number of hydrogen-bond donors (Lipinski definition) is 3. The second-order valence-electron chi connectivity index (χ2n) is 3.60. The summed E-state index contributed by atoms with van der Waals surface area (Å²) >= 11 is 0. The molecule has 0 amide bonds. The first-order valence-corrected chi connectivity index (χ1v) is 5.33. The van der Waals surface area contributed by atoms with Crippen LogP contribution in [0.4, 0.5) is 11.5 Å². The Kier molecular flexibility index (Phi) is 4.90. The van der Waals surface area contributed by atoms with Gasteiger partial charge in [0, 0.05) is 19.3 Å². The monoisotopic (exact) mass is 209 g/mol. The van der Waals surface area contributed by atoms with Crippen molar-refractivity contribution in [1.29, 1.82) is 0 Å². The number of rotatable bonds is 6. The summed E-state index contributed by atoms with van der Waals surface area (Å²) in [5.41, 5.74) is 6.57. The van der Waals surface area contributed by atoms with Crippen LogP contribution in [0.5, 0.6) is 0 Å². The SMILES string of the molecule is CCC(CCO)CNc1cccnc1N. The molecule has 0 radical (unpaired) electrons. The van der Waals surface area contributed by atoms with E-state index in [1.54, 1.807) is 6.20 Å². The van der Waals surface area contributed by atoms with Gasteiger partial charge in [-0.3, -0.25) is 0 Å². The van der Waals surface area contributed by atoms with Crippen LogP contribution in [0.2, 0.25) is 0 Å². The molecule has 4 heteroatoms. The molecule has 0 aliphatic rings. The fourth-order valence-electron chi connectivity index (χ4n) is 1.45. The summed E-state index contributed by atoms with van der Waals surface area (Å²) in [6.45, 7) is 3.18. The second-order valence-corrected chi connectivity index (χ2v) is 3.60. The van der Waals surface area contributed by atoms with Gasteiger partial charge in [-0.2, -0.15) is 0 Å². The van der Waals surface area contributed by atoms with E-state index < -0.39 is 0 Å². The average Bonchev–Trinajstić information content (AvgIpc) is 2.26. The number of anilines is 2. The lowest BCUT2D eigenvalue weighted by molar-refractivity contribution is 0.258. The maximum Gasteiger partial charge on any atom is 0.146 e. The third-order valence-corrected chi connectivity index (χ3v) is 2.53. The minimum absolute atomic E-state index is 0.239. The summed E-state index contributed by atoms with van der Waals surface area (Å²) in [7, 11) is 0. The molecule has 1 unspecified atom stereocenters. The van der Waals surface area contributed by atoms with Gasteiger partial charge >= 0.3 is 0 Å². The number of aliphatic hydroxyl groups is 1. The van der Waals surface area contributed by atoms with Crippen LogP contribution in [0.15, 0.2) is 18.3 Å². The maximum atomic E-state index is 8.85. The summed E-state index contributed by atoms with van der Waals surface area (Å²) in [5.74, 6) is 1.01. The van der Waals surface area contributed by atoms with Gasteiger partial charge in [0.05, 0.1) is 5.69 Å². The normalized spacial score (nSPS) is 12.4. The van der Waals surface area contributed by atoms with Crippen LogP contribution < -0.4 is 11.1 Å².